The van der Waals surface area contributed by atoms with Gasteiger partial charge in [0.25, 0.3) is 5.91 Å². The Morgan fingerprint density at radius 3 is 2.83 bits per heavy atom. The van der Waals surface area contributed by atoms with E-state index in [0.717, 1.165) is 14.5 Å². The van der Waals surface area contributed by atoms with Crippen LogP contribution in [0.25, 0.3) is 0 Å². The van der Waals surface area contributed by atoms with E-state index in [1.54, 1.807) is 6.07 Å². The second-order valence-corrected chi connectivity index (χ2v) is 7.72. The number of amides is 1. The molecule has 0 unspecified atom stereocenters. The van der Waals surface area contributed by atoms with Crippen LogP contribution in [0.2, 0.25) is 0 Å². The molecule has 2 heterocycles. The monoisotopic (exact) mass is 420 g/mol. The molecule has 1 N–H and O–H groups in total. The highest BCUT2D eigenvalue weighted by Gasteiger charge is 2.10. The molecule has 0 saturated carbocycles. The molecule has 0 spiro atoms. The third-order valence-electron chi connectivity index (χ3n) is 3.01. The second-order valence-electron chi connectivity index (χ2n) is 4.88. The Bertz CT molecular complexity index is 855. The summed E-state index contributed by atoms with van der Waals surface area (Å²) < 4.78 is 6.59. The standard InChI is InChI=1S/C17H13BrN2O2S2/c1-11-4-6-13(7-5-11)24-17-14(18)9-12(22-17)10-19-20-16(21)15-3-2-8-23-15/h2-10H,1H3,(H,20,21)/b19-10+. The molecule has 7 heteroatoms. The van der Waals surface area contributed by atoms with Gasteiger partial charge in [0.2, 0.25) is 0 Å². The van der Waals surface area contributed by atoms with E-state index in [1.807, 2.05) is 29.6 Å². The molecule has 3 aromatic rings. The first kappa shape index (κ1) is 17.0. The van der Waals surface area contributed by atoms with Gasteiger partial charge in [0, 0.05) is 11.0 Å². The summed E-state index contributed by atoms with van der Waals surface area (Å²) in [6, 6.07) is 13.6. The zero-order chi connectivity index (χ0) is 16.9. The number of hydrogen-bond acceptors (Lipinski definition) is 5. The van der Waals surface area contributed by atoms with Crippen molar-refractivity contribution < 1.29 is 9.21 Å². The Balaban J connectivity index is 1.64. The van der Waals surface area contributed by atoms with E-state index >= 15 is 0 Å². The maximum Gasteiger partial charge on any atom is 0.281 e. The van der Waals surface area contributed by atoms with E-state index in [9.17, 15) is 4.79 Å². The van der Waals surface area contributed by atoms with Gasteiger partial charge in [0.15, 0.2) is 5.09 Å². The van der Waals surface area contributed by atoms with Crippen LogP contribution in [0, 0.1) is 6.92 Å². The molecule has 0 atom stereocenters. The van der Waals surface area contributed by atoms with Gasteiger partial charge in [-0.3, -0.25) is 4.79 Å². The lowest BCUT2D eigenvalue weighted by Crippen LogP contribution is -2.15. The van der Waals surface area contributed by atoms with Gasteiger partial charge in [-0.2, -0.15) is 5.10 Å². The van der Waals surface area contributed by atoms with Crippen molar-refractivity contribution in [1.29, 1.82) is 0 Å². The van der Waals surface area contributed by atoms with Crippen molar-refractivity contribution in [2.24, 2.45) is 5.10 Å². The Morgan fingerprint density at radius 1 is 1.33 bits per heavy atom. The number of halogens is 1. The molecule has 0 aliphatic heterocycles. The number of carbonyl (C=O) groups is 1. The summed E-state index contributed by atoms with van der Waals surface area (Å²) in [7, 11) is 0. The molecule has 4 nitrogen and oxygen atoms in total. The molecule has 24 heavy (non-hydrogen) atoms. The molecule has 0 aliphatic rings. The van der Waals surface area contributed by atoms with Crippen LogP contribution in [-0.2, 0) is 0 Å². The van der Waals surface area contributed by atoms with Crippen molar-refractivity contribution in [3.05, 3.63) is 68.5 Å². The molecule has 0 aliphatic carbocycles. The number of hydrazone groups is 1. The zero-order valence-electron chi connectivity index (χ0n) is 12.7. The molecule has 0 bridgehead atoms. The zero-order valence-corrected chi connectivity index (χ0v) is 15.9. The maximum absolute atomic E-state index is 11.8. The van der Waals surface area contributed by atoms with E-state index in [0.29, 0.717) is 10.6 Å². The van der Waals surface area contributed by atoms with E-state index in [2.05, 4.69) is 45.5 Å². The quantitative estimate of drug-likeness (QED) is 0.448. The fraction of sp³-hybridized carbons (Fsp3) is 0.0588. The van der Waals surface area contributed by atoms with Crippen molar-refractivity contribution in [2.45, 2.75) is 16.9 Å². The summed E-state index contributed by atoms with van der Waals surface area (Å²) in [6.45, 7) is 2.05. The van der Waals surface area contributed by atoms with Crippen molar-refractivity contribution in [3.63, 3.8) is 0 Å². The molecule has 1 aromatic carbocycles. The molecule has 0 radical (unpaired) electrons. The smallest absolute Gasteiger partial charge is 0.281 e. The minimum atomic E-state index is -0.235. The normalized spacial score (nSPS) is 11.1. The van der Waals surface area contributed by atoms with Gasteiger partial charge in [0.1, 0.15) is 5.76 Å². The molecular weight excluding hydrogens is 408 g/mol. The molecule has 2 aromatic heterocycles. The SMILES string of the molecule is Cc1ccc(Sc2oc(/C=N/NC(=O)c3cccs3)cc2Br)cc1. The molecule has 0 saturated heterocycles. The summed E-state index contributed by atoms with van der Waals surface area (Å²) in [5.74, 6) is 0.323. The van der Waals surface area contributed by atoms with E-state index in [4.69, 9.17) is 4.42 Å². The van der Waals surface area contributed by atoms with Crippen LogP contribution in [0.3, 0.4) is 0 Å². The summed E-state index contributed by atoms with van der Waals surface area (Å²) in [4.78, 5) is 13.5. The van der Waals surface area contributed by atoms with Gasteiger partial charge in [-0.15, -0.1) is 11.3 Å². The predicted octanol–water partition coefficient (Wildman–Crippen LogP) is 5.33. The molecular formula is C17H13BrN2O2S2. The van der Waals surface area contributed by atoms with E-state index in [-0.39, 0.29) is 5.91 Å². The average Bonchev–Trinajstić information content (AvgIpc) is 3.20. The fourth-order valence-electron chi connectivity index (χ4n) is 1.83. The highest BCUT2D eigenvalue weighted by molar-refractivity contribution is 9.10. The first-order chi connectivity index (χ1) is 11.6. The van der Waals surface area contributed by atoms with Gasteiger partial charge in [0.05, 0.1) is 15.6 Å². The summed E-state index contributed by atoms with van der Waals surface area (Å²) in [5, 5.41) is 6.51. The number of rotatable bonds is 5. The van der Waals surface area contributed by atoms with Gasteiger partial charge >= 0.3 is 0 Å². The van der Waals surface area contributed by atoms with Crippen LogP contribution in [-0.4, -0.2) is 12.1 Å². The van der Waals surface area contributed by atoms with Gasteiger partial charge < -0.3 is 4.42 Å². The third-order valence-corrected chi connectivity index (χ3v) is 5.73. The Morgan fingerprint density at radius 2 is 2.12 bits per heavy atom. The van der Waals surface area contributed by atoms with Crippen molar-refractivity contribution in [3.8, 4) is 0 Å². The van der Waals surface area contributed by atoms with Gasteiger partial charge in [-0.1, -0.05) is 35.5 Å². The van der Waals surface area contributed by atoms with Gasteiger partial charge in [-0.05, 0) is 46.4 Å². The molecule has 122 valence electrons. The van der Waals surface area contributed by atoms with Crippen LogP contribution in [0.1, 0.15) is 21.0 Å². The number of nitrogens with one attached hydrogen (secondary N) is 1. The van der Waals surface area contributed by atoms with Crippen LogP contribution in [0.15, 0.2) is 71.8 Å². The Hall–Kier alpha value is -1.83. The number of nitrogens with zero attached hydrogens (tertiary/aromatic N) is 1. The number of thiophene rings is 1. The number of benzene rings is 1. The lowest BCUT2D eigenvalue weighted by Gasteiger charge is -1.99. The minimum Gasteiger partial charge on any atom is -0.447 e. The number of aryl methyl sites for hydroxylation is 1. The van der Waals surface area contributed by atoms with E-state index in [1.165, 1.54) is 34.9 Å². The average molecular weight is 421 g/mol. The number of hydrogen-bond donors (Lipinski definition) is 1. The second kappa shape index (κ2) is 7.83. The van der Waals surface area contributed by atoms with Crippen LogP contribution < -0.4 is 5.43 Å². The molecule has 3 rings (SSSR count). The fourth-order valence-corrected chi connectivity index (χ4v) is 3.78. The highest BCUT2D eigenvalue weighted by atomic mass is 79.9. The van der Waals surface area contributed by atoms with Gasteiger partial charge in [-0.25, -0.2) is 5.43 Å². The topological polar surface area (TPSA) is 54.6 Å². The Kier molecular flexibility index (Phi) is 5.55. The van der Waals surface area contributed by atoms with Crippen molar-refractivity contribution >= 4 is 51.2 Å². The lowest BCUT2D eigenvalue weighted by atomic mass is 10.2. The molecule has 1 amide bonds. The van der Waals surface area contributed by atoms with Crippen LogP contribution in [0.4, 0.5) is 0 Å². The van der Waals surface area contributed by atoms with Crippen molar-refractivity contribution in [2.75, 3.05) is 0 Å². The molecule has 0 fully saturated rings. The van der Waals surface area contributed by atoms with Crippen LogP contribution >= 0.6 is 39.0 Å². The largest absolute Gasteiger partial charge is 0.447 e. The van der Waals surface area contributed by atoms with E-state index < -0.39 is 0 Å². The Labute approximate surface area is 156 Å². The lowest BCUT2D eigenvalue weighted by molar-refractivity contribution is 0.0959. The third kappa shape index (κ3) is 4.37. The van der Waals surface area contributed by atoms with Crippen molar-refractivity contribution in [1.82, 2.24) is 5.43 Å². The maximum atomic E-state index is 11.8. The first-order valence-corrected chi connectivity index (χ1v) is 9.51. The highest BCUT2D eigenvalue weighted by Crippen LogP contribution is 2.35. The summed E-state index contributed by atoms with van der Waals surface area (Å²) in [6.07, 6.45) is 1.48. The number of furan rings is 1. The van der Waals surface area contributed by atoms with Crippen LogP contribution in [0.5, 0.6) is 0 Å². The number of carbonyl (C=O) groups excluding carboxylic acids is 1. The first-order valence-electron chi connectivity index (χ1n) is 7.02. The summed E-state index contributed by atoms with van der Waals surface area (Å²) in [5.41, 5.74) is 3.69. The minimum absolute atomic E-state index is 0.235. The summed E-state index contributed by atoms with van der Waals surface area (Å²) >= 11 is 6.37. The predicted molar refractivity (Wildman–Crippen MR) is 101 cm³/mol.